The Morgan fingerprint density at radius 1 is 1.11 bits per heavy atom. The second-order valence-electron chi connectivity index (χ2n) is 7.06. The van der Waals surface area contributed by atoms with Gasteiger partial charge in [0.25, 0.3) is 5.91 Å². The molecule has 1 amide bonds. The highest BCUT2D eigenvalue weighted by Gasteiger charge is 2.23. The number of pyridine rings is 1. The molecule has 4 rings (SSSR count). The molecule has 0 saturated carbocycles. The van der Waals surface area contributed by atoms with Gasteiger partial charge in [0.1, 0.15) is 17.3 Å². The number of nitrogens with two attached hydrogens (primary N) is 1. The number of carbonyl (C=O) groups is 1. The average Bonchev–Trinajstić information content (AvgIpc) is 3.07. The first kappa shape index (κ1) is 18.0. The maximum Gasteiger partial charge on any atom is 0.270 e. The maximum atomic E-state index is 13.8. The number of nitrogens with one attached hydrogen (secondary N) is 2. The molecule has 1 aromatic heterocycles. The first-order valence-electron chi connectivity index (χ1n) is 9.17. The molecule has 1 aliphatic rings. The number of rotatable bonds is 4. The lowest BCUT2D eigenvalue weighted by molar-refractivity contribution is 0.0933. The zero-order valence-corrected chi connectivity index (χ0v) is 15.5. The van der Waals surface area contributed by atoms with Crippen LogP contribution in [0, 0.1) is 12.7 Å². The van der Waals surface area contributed by atoms with Crippen molar-refractivity contribution in [3.8, 4) is 0 Å². The summed E-state index contributed by atoms with van der Waals surface area (Å²) in [5, 5.41) is 6.08. The highest BCUT2D eigenvalue weighted by molar-refractivity contribution is 5.94. The van der Waals surface area contributed by atoms with Crippen molar-refractivity contribution >= 4 is 23.1 Å². The molecular formula is C22H21FN4O. The number of hydrogen-bond acceptors (Lipinski definition) is 4. The maximum absolute atomic E-state index is 13.8. The first-order chi connectivity index (χ1) is 13.5. The monoisotopic (exact) mass is 376 g/mol. The van der Waals surface area contributed by atoms with E-state index in [1.807, 2.05) is 12.1 Å². The highest BCUT2D eigenvalue weighted by atomic mass is 19.1. The number of hydrogen-bond donors (Lipinski definition) is 3. The molecule has 2 aromatic carbocycles. The number of amides is 1. The zero-order chi connectivity index (χ0) is 19.7. The standard InChI is InChI=1S/C22H21FN4O/c1-13-18(23)7-4-8-19(13)26-21-12-16(24)11-20(27-21)22(28)25-17-9-14-5-2-3-6-15(14)10-17/h2-8,11-12,17H,9-10H2,1H3,(H,25,28)(H3,24,26,27). The molecule has 142 valence electrons. The number of nitrogens with zero attached hydrogens (tertiary/aromatic N) is 1. The number of carbonyl (C=O) groups excluding carboxylic acids is 1. The van der Waals surface area contributed by atoms with Crippen LogP contribution in [0.15, 0.2) is 54.6 Å². The van der Waals surface area contributed by atoms with E-state index in [2.05, 4.69) is 27.8 Å². The van der Waals surface area contributed by atoms with Gasteiger partial charge in [0, 0.05) is 29.0 Å². The van der Waals surface area contributed by atoms with Crippen molar-refractivity contribution in [1.29, 1.82) is 0 Å². The van der Waals surface area contributed by atoms with E-state index in [0.29, 0.717) is 22.8 Å². The molecule has 0 saturated heterocycles. The third-order valence-corrected chi connectivity index (χ3v) is 5.00. The minimum Gasteiger partial charge on any atom is -0.399 e. The molecule has 1 heterocycles. The van der Waals surface area contributed by atoms with E-state index >= 15 is 0 Å². The summed E-state index contributed by atoms with van der Waals surface area (Å²) in [6.07, 6.45) is 1.61. The van der Waals surface area contributed by atoms with Gasteiger partial charge >= 0.3 is 0 Å². The third-order valence-electron chi connectivity index (χ3n) is 5.00. The molecule has 1 aliphatic carbocycles. The van der Waals surface area contributed by atoms with E-state index in [1.54, 1.807) is 31.2 Å². The molecule has 3 aromatic rings. The van der Waals surface area contributed by atoms with Gasteiger partial charge in [0.15, 0.2) is 0 Å². The summed E-state index contributed by atoms with van der Waals surface area (Å²) in [6, 6.07) is 16.1. The van der Waals surface area contributed by atoms with Crippen LogP contribution in [0.5, 0.6) is 0 Å². The van der Waals surface area contributed by atoms with Gasteiger partial charge in [-0.05, 0) is 49.1 Å². The molecule has 0 aliphatic heterocycles. The Hall–Kier alpha value is -3.41. The van der Waals surface area contributed by atoms with Crippen LogP contribution in [0.4, 0.5) is 21.6 Å². The van der Waals surface area contributed by atoms with Crippen LogP contribution < -0.4 is 16.4 Å². The smallest absolute Gasteiger partial charge is 0.270 e. The molecule has 0 bridgehead atoms. The molecule has 0 atom stereocenters. The normalized spacial score (nSPS) is 13.2. The van der Waals surface area contributed by atoms with E-state index in [4.69, 9.17) is 5.73 Å². The van der Waals surface area contributed by atoms with E-state index in [0.717, 1.165) is 12.8 Å². The van der Waals surface area contributed by atoms with Crippen LogP contribution in [0.1, 0.15) is 27.2 Å². The van der Waals surface area contributed by atoms with Crippen LogP contribution in [0.2, 0.25) is 0 Å². The molecule has 4 N–H and O–H groups in total. The summed E-state index contributed by atoms with van der Waals surface area (Å²) >= 11 is 0. The number of anilines is 3. The number of benzene rings is 2. The number of nitrogen functional groups attached to an aromatic ring is 1. The van der Waals surface area contributed by atoms with Gasteiger partial charge in [-0.15, -0.1) is 0 Å². The second-order valence-corrected chi connectivity index (χ2v) is 7.06. The molecule has 0 spiro atoms. The summed E-state index contributed by atoms with van der Waals surface area (Å²) in [4.78, 5) is 17.1. The summed E-state index contributed by atoms with van der Waals surface area (Å²) in [7, 11) is 0. The van der Waals surface area contributed by atoms with Gasteiger partial charge in [-0.1, -0.05) is 30.3 Å². The van der Waals surface area contributed by atoms with Crippen molar-refractivity contribution in [2.45, 2.75) is 25.8 Å². The van der Waals surface area contributed by atoms with Gasteiger partial charge in [0.2, 0.25) is 0 Å². The predicted octanol–water partition coefficient (Wildman–Crippen LogP) is 3.75. The summed E-state index contributed by atoms with van der Waals surface area (Å²) in [5.41, 5.74) is 10.2. The molecule has 0 radical (unpaired) electrons. The largest absolute Gasteiger partial charge is 0.399 e. The van der Waals surface area contributed by atoms with Crippen LogP contribution in [-0.4, -0.2) is 16.9 Å². The van der Waals surface area contributed by atoms with Crippen LogP contribution in [-0.2, 0) is 12.8 Å². The van der Waals surface area contributed by atoms with Crippen LogP contribution in [0.3, 0.4) is 0 Å². The van der Waals surface area contributed by atoms with Gasteiger partial charge in [-0.3, -0.25) is 4.79 Å². The minimum atomic E-state index is -0.312. The van der Waals surface area contributed by atoms with Crippen LogP contribution >= 0.6 is 0 Å². The lowest BCUT2D eigenvalue weighted by Crippen LogP contribution is -2.35. The fourth-order valence-electron chi connectivity index (χ4n) is 3.53. The Bertz CT molecular complexity index is 1030. The number of aromatic nitrogens is 1. The third kappa shape index (κ3) is 3.67. The van der Waals surface area contributed by atoms with Gasteiger partial charge in [0.05, 0.1) is 0 Å². The first-order valence-corrected chi connectivity index (χ1v) is 9.17. The van der Waals surface area contributed by atoms with Crippen LogP contribution in [0.25, 0.3) is 0 Å². The van der Waals surface area contributed by atoms with Crippen molar-refractivity contribution in [2.24, 2.45) is 0 Å². The molecule has 5 nitrogen and oxygen atoms in total. The van der Waals surface area contributed by atoms with E-state index in [1.165, 1.54) is 17.2 Å². The average molecular weight is 376 g/mol. The molecular weight excluding hydrogens is 355 g/mol. The SMILES string of the molecule is Cc1c(F)cccc1Nc1cc(N)cc(C(=O)NC2Cc3ccccc3C2)n1. The Morgan fingerprint density at radius 2 is 1.82 bits per heavy atom. The lowest BCUT2D eigenvalue weighted by atomic mass is 10.1. The van der Waals surface area contributed by atoms with Gasteiger partial charge in [-0.25, -0.2) is 9.37 Å². The summed E-state index contributed by atoms with van der Waals surface area (Å²) < 4.78 is 13.8. The zero-order valence-electron chi connectivity index (χ0n) is 15.5. The molecule has 28 heavy (non-hydrogen) atoms. The van der Waals surface area contributed by atoms with Crippen molar-refractivity contribution in [3.05, 3.63) is 82.8 Å². The van der Waals surface area contributed by atoms with Gasteiger partial charge in [-0.2, -0.15) is 0 Å². The molecule has 0 fully saturated rings. The van der Waals surface area contributed by atoms with E-state index in [9.17, 15) is 9.18 Å². The number of halogens is 1. The topological polar surface area (TPSA) is 80.0 Å². The minimum absolute atomic E-state index is 0.0370. The summed E-state index contributed by atoms with van der Waals surface area (Å²) in [6.45, 7) is 1.68. The van der Waals surface area contributed by atoms with Crippen molar-refractivity contribution in [3.63, 3.8) is 0 Å². The van der Waals surface area contributed by atoms with Crippen molar-refractivity contribution in [2.75, 3.05) is 11.1 Å². The highest BCUT2D eigenvalue weighted by Crippen LogP contribution is 2.24. The molecule has 6 heteroatoms. The Labute approximate surface area is 162 Å². The Balaban J connectivity index is 1.51. The second kappa shape index (κ2) is 7.31. The predicted molar refractivity (Wildman–Crippen MR) is 108 cm³/mol. The lowest BCUT2D eigenvalue weighted by Gasteiger charge is -2.14. The number of fused-ring (bicyclic) bond motifs is 1. The Morgan fingerprint density at radius 3 is 2.54 bits per heavy atom. The fraction of sp³-hybridized carbons (Fsp3) is 0.182. The fourth-order valence-corrected chi connectivity index (χ4v) is 3.53. The molecule has 0 unspecified atom stereocenters. The van der Waals surface area contributed by atoms with Gasteiger partial charge < -0.3 is 16.4 Å². The van der Waals surface area contributed by atoms with Crippen molar-refractivity contribution in [1.82, 2.24) is 10.3 Å². The van der Waals surface area contributed by atoms with E-state index < -0.39 is 0 Å². The van der Waals surface area contributed by atoms with E-state index in [-0.39, 0.29) is 23.5 Å². The summed E-state index contributed by atoms with van der Waals surface area (Å²) in [5.74, 6) is -0.189. The Kier molecular flexibility index (Phi) is 4.69. The quantitative estimate of drug-likeness (QED) is 0.648. The van der Waals surface area contributed by atoms with Crippen molar-refractivity contribution < 1.29 is 9.18 Å².